The van der Waals surface area contributed by atoms with Gasteiger partial charge in [0.05, 0.1) is 19.6 Å². The number of hydrogen-bond donors (Lipinski definition) is 0. The molecule has 0 aliphatic rings. The molecule has 0 atom stereocenters. The number of hydrogen-bond acceptors (Lipinski definition) is 3. The third-order valence-electron chi connectivity index (χ3n) is 3.29. The number of nitriles is 1. The van der Waals surface area contributed by atoms with Crippen molar-refractivity contribution in [1.82, 2.24) is 0 Å². The van der Waals surface area contributed by atoms with Crippen LogP contribution in [-0.2, 0) is 6.42 Å². The third-order valence-corrected chi connectivity index (χ3v) is 4.55. The summed E-state index contributed by atoms with van der Waals surface area (Å²) >= 11 is 1.73. The van der Waals surface area contributed by atoms with E-state index < -0.39 is 0 Å². The van der Waals surface area contributed by atoms with Crippen LogP contribution in [0.2, 0.25) is 0 Å². The van der Waals surface area contributed by atoms with Gasteiger partial charge < -0.3 is 4.74 Å². The summed E-state index contributed by atoms with van der Waals surface area (Å²) in [4.78, 5) is 1.18. The van der Waals surface area contributed by atoms with E-state index in [1.54, 1.807) is 18.4 Å². The quantitative estimate of drug-likeness (QED) is 0.699. The van der Waals surface area contributed by atoms with Crippen LogP contribution >= 0.6 is 11.3 Å². The Morgan fingerprint density at radius 2 is 1.95 bits per heavy atom. The van der Waals surface area contributed by atoms with E-state index in [2.05, 4.69) is 24.3 Å². The van der Waals surface area contributed by atoms with E-state index >= 15 is 0 Å². The van der Waals surface area contributed by atoms with Gasteiger partial charge in [-0.05, 0) is 29.3 Å². The molecule has 0 spiro atoms. The molecule has 1 heterocycles. The summed E-state index contributed by atoms with van der Waals surface area (Å²) in [5.41, 5.74) is 2.26. The normalized spacial score (nSPS) is 10.4. The van der Waals surface area contributed by atoms with E-state index in [1.807, 2.05) is 30.3 Å². The first-order valence-electron chi connectivity index (χ1n) is 6.35. The fraction of sp³-hybridized carbons (Fsp3) is 0.118. The highest BCUT2D eigenvalue weighted by Gasteiger charge is 2.14. The first-order chi connectivity index (χ1) is 9.83. The summed E-state index contributed by atoms with van der Waals surface area (Å²) < 4.78 is 6.48. The van der Waals surface area contributed by atoms with Crippen LogP contribution in [-0.4, -0.2) is 7.11 Å². The average Bonchev–Trinajstić information content (AvgIpc) is 2.86. The number of nitrogens with zero attached hydrogens (tertiary/aromatic N) is 1. The number of ether oxygens (including phenoxy) is 1. The van der Waals surface area contributed by atoms with Crippen molar-refractivity contribution in [3.8, 4) is 22.3 Å². The lowest BCUT2D eigenvalue weighted by atomic mass is 10.0. The molecule has 0 amide bonds. The van der Waals surface area contributed by atoms with Crippen LogP contribution in [0.3, 0.4) is 0 Å². The van der Waals surface area contributed by atoms with Crippen molar-refractivity contribution in [2.24, 2.45) is 0 Å². The maximum Gasteiger partial charge on any atom is 0.119 e. The topological polar surface area (TPSA) is 33.0 Å². The number of benzene rings is 2. The monoisotopic (exact) mass is 279 g/mol. The first-order valence-corrected chi connectivity index (χ1v) is 7.17. The Balaban J connectivity index is 2.27. The van der Waals surface area contributed by atoms with E-state index in [0.717, 1.165) is 22.3 Å². The highest BCUT2D eigenvalue weighted by Crippen LogP contribution is 2.40. The maximum absolute atomic E-state index is 9.12. The Kier molecular flexibility index (Phi) is 3.41. The second kappa shape index (κ2) is 5.36. The minimum atomic E-state index is 0.414. The van der Waals surface area contributed by atoms with Gasteiger partial charge in [0.15, 0.2) is 0 Å². The lowest BCUT2D eigenvalue weighted by Gasteiger charge is -2.02. The molecule has 0 bridgehead atoms. The predicted octanol–water partition coefficient (Wildman–Crippen LogP) is 4.64. The molecule has 98 valence electrons. The minimum Gasteiger partial charge on any atom is -0.497 e. The molecule has 0 saturated carbocycles. The van der Waals surface area contributed by atoms with Crippen molar-refractivity contribution >= 4 is 21.4 Å². The second-order valence-electron chi connectivity index (χ2n) is 4.47. The fourth-order valence-electron chi connectivity index (χ4n) is 2.33. The summed E-state index contributed by atoms with van der Waals surface area (Å²) in [6.45, 7) is 0. The van der Waals surface area contributed by atoms with E-state index in [4.69, 9.17) is 10.00 Å². The average molecular weight is 279 g/mol. The van der Waals surface area contributed by atoms with Gasteiger partial charge in [0.25, 0.3) is 0 Å². The molecule has 3 heteroatoms. The summed E-state index contributed by atoms with van der Waals surface area (Å²) in [5.74, 6) is 0.828. The van der Waals surface area contributed by atoms with Crippen LogP contribution < -0.4 is 4.74 Å². The van der Waals surface area contributed by atoms with Crippen molar-refractivity contribution in [3.63, 3.8) is 0 Å². The molecule has 0 aliphatic carbocycles. The molecule has 0 unspecified atom stereocenters. The first kappa shape index (κ1) is 12.7. The number of rotatable bonds is 3. The molecule has 3 rings (SSSR count). The summed E-state index contributed by atoms with van der Waals surface area (Å²) in [5, 5.41) is 10.2. The Morgan fingerprint density at radius 3 is 2.65 bits per heavy atom. The highest BCUT2D eigenvalue weighted by molar-refractivity contribution is 7.22. The molecule has 0 saturated heterocycles. The van der Waals surface area contributed by atoms with Crippen LogP contribution in [0.15, 0.2) is 48.5 Å². The van der Waals surface area contributed by atoms with Gasteiger partial charge >= 0.3 is 0 Å². The van der Waals surface area contributed by atoms with Gasteiger partial charge in [-0.3, -0.25) is 0 Å². The number of methoxy groups -OCH3 is 1. The van der Waals surface area contributed by atoms with Gasteiger partial charge in [0.1, 0.15) is 5.75 Å². The SMILES string of the molecule is COc1ccc2sc(-c3ccccc3)c(CC#N)c2c1. The Morgan fingerprint density at radius 1 is 1.15 bits per heavy atom. The summed E-state index contributed by atoms with van der Waals surface area (Å²) in [6.07, 6.45) is 0.414. The van der Waals surface area contributed by atoms with E-state index in [-0.39, 0.29) is 0 Å². The summed E-state index contributed by atoms with van der Waals surface area (Å²) in [7, 11) is 1.66. The van der Waals surface area contributed by atoms with Crippen LogP contribution in [0.4, 0.5) is 0 Å². The molecule has 3 aromatic rings. The Labute approximate surface area is 121 Å². The molecule has 0 N–H and O–H groups in total. The number of thiophene rings is 1. The van der Waals surface area contributed by atoms with Crippen LogP contribution in [0.1, 0.15) is 5.56 Å². The predicted molar refractivity (Wildman–Crippen MR) is 83.1 cm³/mol. The minimum absolute atomic E-state index is 0.414. The molecule has 0 fully saturated rings. The highest BCUT2D eigenvalue weighted by atomic mass is 32.1. The maximum atomic E-state index is 9.12. The van der Waals surface area contributed by atoms with Crippen molar-refractivity contribution in [2.45, 2.75) is 6.42 Å². The second-order valence-corrected chi connectivity index (χ2v) is 5.52. The summed E-state index contributed by atoms with van der Waals surface area (Å²) in [6, 6.07) is 18.5. The van der Waals surface area contributed by atoms with Crippen molar-refractivity contribution < 1.29 is 4.74 Å². The number of fused-ring (bicyclic) bond motifs is 1. The Hall–Kier alpha value is -2.31. The lowest BCUT2D eigenvalue weighted by Crippen LogP contribution is -1.85. The van der Waals surface area contributed by atoms with E-state index in [9.17, 15) is 0 Å². The molecule has 2 aromatic carbocycles. The van der Waals surface area contributed by atoms with Crippen LogP contribution in [0, 0.1) is 11.3 Å². The molecule has 0 radical (unpaired) electrons. The standard InChI is InChI=1S/C17H13NOS/c1-19-13-7-8-16-15(11-13)14(9-10-18)17(20-16)12-5-3-2-4-6-12/h2-8,11H,9H2,1H3. The van der Waals surface area contributed by atoms with Gasteiger partial charge in [-0.25, -0.2) is 0 Å². The van der Waals surface area contributed by atoms with Crippen molar-refractivity contribution in [1.29, 1.82) is 5.26 Å². The van der Waals surface area contributed by atoms with Crippen molar-refractivity contribution in [2.75, 3.05) is 7.11 Å². The van der Waals surface area contributed by atoms with Gasteiger partial charge in [-0.1, -0.05) is 30.3 Å². The van der Waals surface area contributed by atoms with E-state index in [0.29, 0.717) is 6.42 Å². The van der Waals surface area contributed by atoms with Gasteiger partial charge in [-0.15, -0.1) is 11.3 Å². The van der Waals surface area contributed by atoms with Gasteiger partial charge in [0.2, 0.25) is 0 Å². The molecule has 0 aliphatic heterocycles. The third kappa shape index (κ3) is 2.15. The van der Waals surface area contributed by atoms with E-state index in [1.165, 1.54) is 9.58 Å². The zero-order valence-corrected chi connectivity index (χ0v) is 11.9. The zero-order chi connectivity index (χ0) is 13.9. The van der Waals surface area contributed by atoms with Crippen LogP contribution in [0.25, 0.3) is 20.5 Å². The largest absolute Gasteiger partial charge is 0.497 e. The molecular formula is C17H13NOS. The molecule has 20 heavy (non-hydrogen) atoms. The lowest BCUT2D eigenvalue weighted by molar-refractivity contribution is 0.415. The molecular weight excluding hydrogens is 266 g/mol. The van der Waals surface area contributed by atoms with Crippen LogP contribution in [0.5, 0.6) is 5.75 Å². The smallest absolute Gasteiger partial charge is 0.119 e. The molecule has 2 nitrogen and oxygen atoms in total. The van der Waals surface area contributed by atoms with Gasteiger partial charge in [0, 0.05) is 15.0 Å². The van der Waals surface area contributed by atoms with Gasteiger partial charge in [-0.2, -0.15) is 5.26 Å². The zero-order valence-electron chi connectivity index (χ0n) is 11.1. The van der Waals surface area contributed by atoms with Crippen molar-refractivity contribution in [3.05, 3.63) is 54.1 Å². The molecule has 1 aromatic heterocycles. The fourth-order valence-corrected chi connectivity index (χ4v) is 3.54. The Bertz CT molecular complexity index is 784.